The lowest BCUT2D eigenvalue weighted by molar-refractivity contribution is 0.0125. The van der Waals surface area contributed by atoms with E-state index in [1.54, 1.807) is 32.9 Å². The van der Waals surface area contributed by atoms with Crippen molar-refractivity contribution in [3.63, 3.8) is 0 Å². The van der Waals surface area contributed by atoms with Gasteiger partial charge in [-0.2, -0.15) is 0 Å². The number of halogens is 1. The second kappa shape index (κ2) is 9.22. The van der Waals surface area contributed by atoms with Gasteiger partial charge in [-0.1, -0.05) is 29.8 Å². The maximum atomic E-state index is 12.9. The van der Waals surface area contributed by atoms with Crippen molar-refractivity contribution < 1.29 is 19.7 Å². The highest BCUT2D eigenvalue weighted by Crippen LogP contribution is 2.30. The number of rotatable bonds is 5. The Kier molecular flexibility index (Phi) is 6.81. The van der Waals surface area contributed by atoms with Gasteiger partial charge >= 0.3 is 6.09 Å². The first-order chi connectivity index (χ1) is 14.9. The largest absolute Gasteiger partial charge is 0.506 e. The Morgan fingerprint density at radius 1 is 1.19 bits per heavy atom. The summed E-state index contributed by atoms with van der Waals surface area (Å²) in [5, 5.41) is 22.2. The molecule has 0 radical (unpaired) electrons. The van der Waals surface area contributed by atoms with E-state index >= 15 is 0 Å². The fourth-order valence-electron chi connectivity index (χ4n) is 3.34. The summed E-state index contributed by atoms with van der Waals surface area (Å²) < 4.78 is 5.54. The van der Waals surface area contributed by atoms with Crippen molar-refractivity contribution in [2.75, 3.05) is 6.54 Å². The molecule has 3 aromatic rings. The third-order valence-corrected chi connectivity index (χ3v) is 5.33. The van der Waals surface area contributed by atoms with E-state index < -0.39 is 17.8 Å². The number of aliphatic hydroxyl groups is 1. The molecular weight excluding hydrogens is 432 g/mol. The van der Waals surface area contributed by atoms with Crippen LogP contribution in [-0.4, -0.2) is 38.3 Å². The fourth-order valence-corrected chi connectivity index (χ4v) is 3.54. The Hall–Kier alpha value is -3.03. The maximum absolute atomic E-state index is 12.9. The number of amides is 1. The number of carbonyl (C=O) groups is 1. The molecule has 1 aromatic heterocycles. The van der Waals surface area contributed by atoms with Gasteiger partial charge in [0.25, 0.3) is 0 Å². The number of aromatic hydroxyl groups is 1. The first-order valence-electron chi connectivity index (χ1n) is 10.2. The number of nitrogens with one attached hydrogen (secondary N) is 1. The maximum Gasteiger partial charge on any atom is 0.410 e. The minimum absolute atomic E-state index is 0.0700. The van der Waals surface area contributed by atoms with E-state index in [0.717, 1.165) is 11.1 Å². The highest BCUT2D eigenvalue weighted by Gasteiger charge is 2.26. The van der Waals surface area contributed by atoms with E-state index in [-0.39, 0.29) is 29.9 Å². The lowest BCUT2D eigenvalue weighted by Crippen LogP contribution is -2.38. The van der Waals surface area contributed by atoms with Crippen molar-refractivity contribution in [1.29, 1.82) is 0 Å². The zero-order valence-electron chi connectivity index (χ0n) is 18.5. The summed E-state index contributed by atoms with van der Waals surface area (Å²) in [6.45, 7) is 7.31. The van der Waals surface area contributed by atoms with Crippen molar-refractivity contribution in [1.82, 2.24) is 9.88 Å². The Labute approximate surface area is 191 Å². The summed E-state index contributed by atoms with van der Waals surface area (Å²) >= 11 is 6.24. The predicted octanol–water partition coefficient (Wildman–Crippen LogP) is 4.67. The molecule has 0 aliphatic carbocycles. The zero-order valence-corrected chi connectivity index (χ0v) is 19.2. The van der Waals surface area contributed by atoms with Gasteiger partial charge in [0.15, 0.2) is 0 Å². The zero-order chi connectivity index (χ0) is 23.6. The van der Waals surface area contributed by atoms with Gasteiger partial charge in [-0.3, -0.25) is 4.79 Å². The molecule has 1 heterocycles. The number of H-pyrrole nitrogens is 1. The van der Waals surface area contributed by atoms with Crippen molar-refractivity contribution in [2.24, 2.45) is 0 Å². The van der Waals surface area contributed by atoms with Crippen LogP contribution in [0.1, 0.15) is 43.6 Å². The lowest BCUT2D eigenvalue weighted by atomic mass is 10.0. The molecule has 0 aliphatic heterocycles. The molecule has 0 bridgehead atoms. The van der Waals surface area contributed by atoms with Crippen LogP contribution in [0.5, 0.6) is 5.75 Å². The molecule has 32 heavy (non-hydrogen) atoms. The molecule has 2 aromatic carbocycles. The number of aromatic nitrogens is 1. The van der Waals surface area contributed by atoms with Gasteiger partial charge in [-0.05, 0) is 62.6 Å². The quantitative estimate of drug-likeness (QED) is 0.515. The summed E-state index contributed by atoms with van der Waals surface area (Å²) in [6.07, 6.45) is -1.68. The third-order valence-electron chi connectivity index (χ3n) is 4.92. The predicted molar refractivity (Wildman–Crippen MR) is 124 cm³/mol. The SMILES string of the molecule is Cc1ccc(CN(CC(O)c2ccc(O)c3[nH]c(=O)ccc23)C(=O)OC(C)(C)C)cc1Cl. The van der Waals surface area contributed by atoms with Gasteiger partial charge < -0.3 is 24.8 Å². The second-order valence-electron chi connectivity index (χ2n) is 8.75. The summed E-state index contributed by atoms with van der Waals surface area (Å²) in [5.41, 5.74) is 1.32. The Bertz CT molecular complexity index is 1200. The van der Waals surface area contributed by atoms with Crippen LogP contribution in [-0.2, 0) is 11.3 Å². The number of ether oxygens (including phenoxy) is 1. The van der Waals surface area contributed by atoms with Crippen molar-refractivity contribution >= 4 is 28.6 Å². The van der Waals surface area contributed by atoms with E-state index in [2.05, 4.69) is 4.98 Å². The molecule has 8 heteroatoms. The average molecular weight is 459 g/mol. The molecule has 0 spiro atoms. The van der Waals surface area contributed by atoms with E-state index in [1.807, 2.05) is 19.1 Å². The van der Waals surface area contributed by atoms with Crippen molar-refractivity contribution in [2.45, 2.75) is 45.9 Å². The molecule has 0 aliphatic rings. The molecule has 1 atom stereocenters. The highest BCUT2D eigenvalue weighted by molar-refractivity contribution is 6.31. The molecule has 1 unspecified atom stereocenters. The van der Waals surface area contributed by atoms with Crippen molar-refractivity contribution in [3.8, 4) is 5.75 Å². The number of aryl methyl sites for hydroxylation is 1. The number of aromatic amines is 1. The van der Waals surface area contributed by atoms with Gasteiger partial charge in [0.1, 0.15) is 11.4 Å². The van der Waals surface area contributed by atoms with Crippen molar-refractivity contribution in [3.05, 3.63) is 74.5 Å². The minimum atomic E-state index is -1.10. The van der Waals surface area contributed by atoms with Crippen LogP contribution in [0, 0.1) is 6.92 Å². The summed E-state index contributed by atoms with van der Waals surface area (Å²) in [7, 11) is 0. The smallest absolute Gasteiger partial charge is 0.410 e. The molecule has 0 fully saturated rings. The number of phenolic OH excluding ortho intramolecular Hbond substituents is 1. The summed E-state index contributed by atoms with van der Waals surface area (Å²) in [5.74, 6) is -0.105. The first kappa shape index (κ1) is 23.6. The number of aliphatic hydroxyl groups excluding tert-OH is 1. The second-order valence-corrected chi connectivity index (χ2v) is 9.15. The number of nitrogens with zero attached hydrogens (tertiary/aromatic N) is 1. The number of carbonyl (C=O) groups excluding carboxylic acids is 1. The number of hydrogen-bond donors (Lipinski definition) is 3. The number of benzene rings is 2. The van der Waals surface area contributed by atoms with Gasteiger partial charge in [0, 0.05) is 23.0 Å². The molecule has 1 amide bonds. The van der Waals surface area contributed by atoms with Crippen LogP contribution < -0.4 is 5.56 Å². The number of hydrogen-bond acceptors (Lipinski definition) is 5. The molecule has 3 rings (SSSR count). The normalized spacial score (nSPS) is 12.6. The van der Waals surface area contributed by atoms with Gasteiger partial charge in [-0.15, -0.1) is 0 Å². The summed E-state index contributed by atoms with van der Waals surface area (Å²) in [6, 6.07) is 11.3. The third kappa shape index (κ3) is 5.60. The average Bonchev–Trinajstić information content (AvgIpc) is 2.69. The monoisotopic (exact) mass is 458 g/mol. The number of pyridine rings is 1. The Balaban J connectivity index is 1.94. The molecule has 3 N–H and O–H groups in total. The lowest BCUT2D eigenvalue weighted by Gasteiger charge is -2.29. The first-order valence-corrected chi connectivity index (χ1v) is 10.6. The van der Waals surface area contributed by atoms with Gasteiger partial charge in [0.05, 0.1) is 18.2 Å². The van der Waals surface area contributed by atoms with Crippen LogP contribution in [0.3, 0.4) is 0 Å². The Morgan fingerprint density at radius 2 is 1.91 bits per heavy atom. The standard InChI is InChI=1S/C24H27ClN2O5/c1-14-5-6-15(11-18(14)25)12-27(23(31)32-24(2,3)4)13-20(29)16-7-9-19(28)22-17(16)8-10-21(30)26-22/h5-11,20,28-29H,12-13H2,1-4H3,(H,26,30). The topological polar surface area (TPSA) is 103 Å². The van der Waals surface area contributed by atoms with Gasteiger partial charge in [0.2, 0.25) is 5.56 Å². The minimum Gasteiger partial charge on any atom is -0.506 e. The van der Waals surface area contributed by atoms with E-state index in [4.69, 9.17) is 16.3 Å². The number of fused-ring (bicyclic) bond motifs is 1. The van der Waals surface area contributed by atoms with E-state index in [9.17, 15) is 19.8 Å². The molecule has 0 saturated carbocycles. The van der Waals surface area contributed by atoms with Crippen LogP contribution in [0.25, 0.3) is 10.9 Å². The van der Waals surface area contributed by atoms with Crippen LogP contribution >= 0.6 is 11.6 Å². The molecule has 170 valence electrons. The fraction of sp³-hybridized carbons (Fsp3) is 0.333. The van der Waals surface area contributed by atoms with Gasteiger partial charge in [-0.25, -0.2) is 4.79 Å². The molecule has 7 nitrogen and oxygen atoms in total. The van der Waals surface area contributed by atoms with E-state index in [0.29, 0.717) is 16.0 Å². The summed E-state index contributed by atoms with van der Waals surface area (Å²) in [4.78, 5) is 28.6. The highest BCUT2D eigenvalue weighted by atomic mass is 35.5. The van der Waals surface area contributed by atoms with Crippen LogP contribution in [0.2, 0.25) is 5.02 Å². The molecule has 0 saturated heterocycles. The van der Waals surface area contributed by atoms with Crippen LogP contribution in [0.4, 0.5) is 4.79 Å². The number of phenols is 1. The van der Waals surface area contributed by atoms with Crippen LogP contribution in [0.15, 0.2) is 47.3 Å². The van der Waals surface area contributed by atoms with E-state index in [1.165, 1.54) is 23.1 Å². The molecular formula is C24H27ClN2O5. The Morgan fingerprint density at radius 3 is 2.56 bits per heavy atom.